The number of ketones is 2. The van der Waals surface area contributed by atoms with Crippen LogP contribution in [-0.4, -0.2) is 33.0 Å². The predicted molar refractivity (Wildman–Crippen MR) is 108 cm³/mol. The van der Waals surface area contributed by atoms with Crippen molar-refractivity contribution in [1.82, 2.24) is 9.55 Å². The molecule has 1 aromatic carbocycles. The van der Waals surface area contributed by atoms with Gasteiger partial charge in [0.15, 0.2) is 23.5 Å². The Balaban J connectivity index is 1.63. The average Bonchev–Trinajstić information content (AvgIpc) is 3.20. The SMILES string of the molecule is C=CCn1c(C)nc2c1CCC(C(=O)[C@@H]1OC(C)(C)O[C@H]1c1ccccc1)C2=O. The van der Waals surface area contributed by atoms with Gasteiger partial charge in [0.25, 0.3) is 0 Å². The van der Waals surface area contributed by atoms with Gasteiger partial charge in [-0.1, -0.05) is 36.4 Å². The summed E-state index contributed by atoms with van der Waals surface area (Å²) in [5.74, 6) is -1.34. The van der Waals surface area contributed by atoms with Gasteiger partial charge >= 0.3 is 0 Å². The summed E-state index contributed by atoms with van der Waals surface area (Å²) in [6, 6.07) is 9.54. The van der Waals surface area contributed by atoms with Gasteiger partial charge in [0.2, 0.25) is 0 Å². The molecule has 29 heavy (non-hydrogen) atoms. The van der Waals surface area contributed by atoms with Crippen molar-refractivity contribution >= 4 is 11.6 Å². The molecule has 1 unspecified atom stereocenters. The van der Waals surface area contributed by atoms with E-state index >= 15 is 0 Å². The number of ether oxygens (including phenoxy) is 2. The van der Waals surface area contributed by atoms with Gasteiger partial charge in [0, 0.05) is 12.2 Å². The number of rotatable bonds is 5. The monoisotopic (exact) mass is 394 g/mol. The van der Waals surface area contributed by atoms with Gasteiger partial charge in [-0.2, -0.15) is 0 Å². The molecule has 1 aliphatic heterocycles. The lowest BCUT2D eigenvalue weighted by atomic mass is 9.82. The highest BCUT2D eigenvalue weighted by Gasteiger charge is 2.49. The molecule has 0 bridgehead atoms. The highest BCUT2D eigenvalue weighted by molar-refractivity contribution is 6.12. The highest BCUT2D eigenvalue weighted by Crippen LogP contribution is 2.41. The summed E-state index contributed by atoms with van der Waals surface area (Å²) < 4.78 is 14.0. The number of hydrogen-bond acceptors (Lipinski definition) is 5. The van der Waals surface area contributed by atoms with Crippen molar-refractivity contribution in [2.45, 2.75) is 58.2 Å². The lowest BCUT2D eigenvalue weighted by molar-refractivity contribution is -0.156. The molecular formula is C23H26N2O4. The van der Waals surface area contributed by atoms with Crippen LogP contribution in [0.4, 0.5) is 0 Å². The molecule has 3 atom stereocenters. The molecule has 0 spiro atoms. The van der Waals surface area contributed by atoms with Gasteiger partial charge in [-0.15, -0.1) is 6.58 Å². The number of carbonyl (C=O) groups is 2. The predicted octanol–water partition coefficient (Wildman–Crippen LogP) is 3.58. The minimum absolute atomic E-state index is 0.220. The van der Waals surface area contributed by atoms with Crippen LogP contribution in [0, 0.1) is 12.8 Å². The van der Waals surface area contributed by atoms with Crippen molar-refractivity contribution in [3.05, 3.63) is 65.8 Å². The first-order chi connectivity index (χ1) is 13.8. The second kappa shape index (κ2) is 7.35. The van der Waals surface area contributed by atoms with Crippen molar-refractivity contribution in [2.24, 2.45) is 5.92 Å². The smallest absolute Gasteiger partial charge is 0.193 e. The molecule has 2 heterocycles. The summed E-state index contributed by atoms with van der Waals surface area (Å²) in [6.07, 6.45) is 1.51. The van der Waals surface area contributed by atoms with E-state index in [1.54, 1.807) is 19.9 Å². The van der Waals surface area contributed by atoms with Crippen LogP contribution < -0.4 is 0 Å². The number of aryl methyl sites for hydroxylation is 1. The molecule has 1 aliphatic carbocycles. The number of hydrogen-bond donors (Lipinski definition) is 0. The van der Waals surface area contributed by atoms with Crippen LogP contribution in [0.1, 0.15) is 53.9 Å². The first-order valence-corrected chi connectivity index (χ1v) is 9.98. The largest absolute Gasteiger partial charge is 0.339 e. The lowest BCUT2D eigenvalue weighted by Gasteiger charge is -2.24. The van der Waals surface area contributed by atoms with Gasteiger partial charge in [-0.25, -0.2) is 4.98 Å². The van der Waals surface area contributed by atoms with E-state index in [0.717, 1.165) is 17.1 Å². The first-order valence-electron chi connectivity index (χ1n) is 9.98. The molecule has 6 nitrogen and oxygen atoms in total. The number of fused-ring (bicyclic) bond motifs is 1. The fourth-order valence-electron chi connectivity index (χ4n) is 4.33. The van der Waals surface area contributed by atoms with Crippen LogP contribution in [0.2, 0.25) is 0 Å². The third-order valence-corrected chi connectivity index (χ3v) is 5.64. The van der Waals surface area contributed by atoms with E-state index in [2.05, 4.69) is 11.6 Å². The van der Waals surface area contributed by atoms with Crippen molar-refractivity contribution in [2.75, 3.05) is 0 Å². The highest BCUT2D eigenvalue weighted by atomic mass is 16.8. The van der Waals surface area contributed by atoms with E-state index < -0.39 is 23.9 Å². The Morgan fingerprint density at radius 1 is 1.31 bits per heavy atom. The molecule has 0 amide bonds. The van der Waals surface area contributed by atoms with E-state index in [-0.39, 0.29) is 11.6 Å². The van der Waals surface area contributed by atoms with Crippen molar-refractivity contribution in [3.8, 4) is 0 Å². The Hall–Kier alpha value is -2.57. The minimum atomic E-state index is -0.897. The van der Waals surface area contributed by atoms with Crippen LogP contribution in [0.3, 0.4) is 0 Å². The number of imidazole rings is 1. The Bertz CT molecular complexity index is 961. The molecule has 4 rings (SSSR count). The Labute approximate surface area is 170 Å². The molecule has 0 radical (unpaired) electrons. The molecule has 1 saturated heterocycles. The van der Waals surface area contributed by atoms with Crippen LogP contribution in [-0.2, 0) is 27.2 Å². The zero-order valence-corrected chi connectivity index (χ0v) is 17.1. The Kier molecular flexibility index (Phi) is 5.00. The summed E-state index contributed by atoms with van der Waals surface area (Å²) in [5.41, 5.74) is 2.16. The average molecular weight is 394 g/mol. The number of nitrogens with zero attached hydrogens (tertiary/aromatic N) is 2. The molecular weight excluding hydrogens is 368 g/mol. The van der Waals surface area contributed by atoms with Gasteiger partial charge < -0.3 is 14.0 Å². The molecule has 1 fully saturated rings. The number of allylic oxidation sites excluding steroid dienone is 1. The van der Waals surface area contributed by atoms with Crippen LogP contribution in [0.15, 0.2) is 43.0 Å². The van der Waals surface area contributed by atoms with Crippen LogP contribution in [0.25, 0.3) is 0 Å². The van der Waals surface area contributed by atoms with E-state index in [1.807, 2.05) is 41.8 Å². The lowest BCUT2D eigenvalue weighted by Crippen LogP contribution is -2.39. The van der Waals surface area contributed by atoms with Gasteiger partial charge in [0.1, 0.15) is 17.6 Å². The summed E-state index contributed by atoms with van der Waals surface area (Å²) >= 11 is 0. The van der Waals surface area contributed by atoms with Crippen molar-refractivity contribution < 1.29 is 19.1 Å². The maximum atomic E-state index is 13.4. The van der Waals surface area contributed by atoms with Gasteiger partial charge in [0.05, 0.1) is 5.92 Å². The third-order valence-electron chi connectivity index (χ3n) is 5.64. The maximum absolute atomic E-state index is 13.4. The summed E-state index contributed by atoms with van der Waals surface area (Å²) in [6.45, 7) is 9.82. The topological polar surface area (TPSA) is 70.4 Å². The zero-order valence-electron chi connectivity index (χ0n) is 17.1. The van der Waals surface area contributed by atoms with Crippen molar-refractivity contribution in [3.63, 3.8) is 0 Å². The summed E-state index contributed by atoms with van der Waals surface area (Å²) in [4.78, 5) is 31.1. The molecule has 2 aliphatic rings. The van der Waals surface area contributed by atoms with Crippen LogP contribution >= 0.6 is 0 Å². The van der Waals surface area contributed by atoms with Crippen molar-refractivity contribution in [1.29, 1.82) is 0 Å². The van der Waals surface area contributed by atoms with Crippen LogP contribution in [0.5, 0.6) is 0 Å². The fraction of sp³-hybridized carbons (Fsp3) is 0.435. The normalized spacial score (nSPS) is 25.6. The van der Waals surface area contributed by atoms with Gasteiger partial charge in [-0.3, -0.25) is 9.59 Å². The second-order valence-electron chi connectivity index (χ2n) is 8.10. The molecule has 2 aromatic rings. The number of aromatic nitrogens is 2. The van der Waals surface area contributed by atoms with E-state index in [0.29, 0.717) is 25.1 Å². The maximum Gasteiger partial charge on any atom is 0.193 e. The zero-order chi connectivity index (χ0) is 20.8. The van der Waals surface area contributed by atoms with E-state index in [4.69, 9.17) is 9.47 Å². The molecule has 0 saturated carbocycles. The number of Topliss-reactive ketones (excluding diaryl/α,β-unsaturated/α-hetero) is 2. The summed E-state index contributed by atoms with van der Waals surface area (Å²) in [5, 5.41) is 0. The number of benzene rings is 1. The second-order valence-corrected chi connectivity index (χ2v) is 8.10. The minimum Gasteiger partial charge on any atom is -0.339 e. The molecule has 1 aromatic heterocycles. The molecule has 6 heteroatoms. The third kappa shape index (κ3) is 3.47. The Morgan fingerprint density at radius 2 is 2.03 bits per heavy atom. The fourth-order valence-corrected chi connectivity index (χ4v) is 4.33. The number of carbonyl (C=O) groups excluding carboxylic acids is 2. The summed E-state index contributed by atoms with van der Waals surface area (Å²) in [7, 11) is 0. The standard InChI is InChI=1S/C23H26N2O4/c1-5-13-25-14(2)24-18-17(25)12-11-16(19(18)26)20(27)22-21(28-23(3,4)29-22)15-9-7-6-8-10-15/h5-10,16,21-22H,1,11-13H2,2-4H3/t16?,21-,22-/m0/s1. The van der Waals surface area contributed by atoms with Gasteiger partial charge in [-0.05, 0) is 39.2 Å². The Morgan fingerprint density at radius 3 is 2.72 bits per heavy atom. The van der Waals surface area contributed by atoms with E-state index in [9.17, 15) is 9.59 Å². The van der Waals surface area contributed by atoms with E-state index in [1.165, 1.54) is 0 Å². The first kappa shape index (κ1) is 19.7. The molecule has 152 valence electrons. The molecule has 0 N–H and O–H groups in total. The quantitative estimate of drug-likeness (QED) is 0.573.